The molecule has 3 atom stereocenters. The number of likely N-dealkylation sites (tertiary alicyclic amines) is 1. The summed E-state index contributed by atoms with van der Waals surface area (Å²) >= 11 is 0. The van der Waals surface area contributed by atoms with Crippen molar-refractivity contribution in [2.75, 3.05) is 27.7 Å². The lowest BCUT2D eigenvalue weighted by molar-refractivity contribution is -0.915. The smallest absolute Gasteiger partial charge is 0.130 e. The van der Waals surface area contributed by atoms with E-state index in [-0.39, 0.29) is 6.04 Å². The normalized spacial score (nSPS) is 22.9. The van der Waals surface area contributed by atoms with Gasteiger partial charge in [0.2, 0.25) is 0 Å². The SMILES string of the molecule is C=C=CC1C(N(C)C(C=C)c2ccc(C(=C)C(C)C)cc2)CCC[N+]1(C)C. The van der Waals surface area contributed by atoms with Crippen molar-refractivity contribution >= 4 is 5.57 Å². The zero-order valence-electron chi connectivity index (χ0n) is 17.9. The Labute approximate surface area is 166 Å². The Hall–Kier alpha value is -1.86. The van der Waals surface area contributed by atoms with Gasteiger partial charge in [-0.05, 0) is 42.5 Å². The quantitative estimate of drug-likeness (QED) is 0.352. The fourth-order valence-electron chi connectivity index (χ4n) is 4.34. The first-order chi connectivity index (χ1) is 12.7. The molecule has 2 heteroatoms. The molecule has 0 spiro atoms. The molecule has 0 aromatic heterocycles. The summed E-state index contributed by atoms with van der Waals surface area (Å²) < 4.78 is 0.981. The van der Waals surface area contributed by atoms with Gasteiger partial charge in [-0.1, -0.05) is 57.3 Å². The van der Waals surface area contributed by atoms with Crippen LogP contribution in [-0.4, -0.2) is 49.2 Å². The predicted octanol–water partition coefficient (Wildman–Crippen LogP) is 5.46. The van der Waals surface area contributed by atoms with E-state index in [4.69, 9.17) is 0 Å². The van der Waals surface area contributed by atoms with E-state index in [1.54, 1.807) is 0 Å². The number of nitrogens with zero attached hydrogens (tertiary/aromatic N) is 2. The van der Waals surface area contributed by atoms with Crippen LogP contribution >= 0.6 is 0 Å². The molecule has 0 aliphatic carbocycles. The summed E-state index contributed by atoms with van der Waals surface area (Å²) in [7, 11) is 6.86. The van der Waals surface area contributed by atoms with Crippen LogP contribution in [0.1, 0.15) is 43.9 Å². The van der Waals surface area contributed by atoms with E-state index in [1.807, 2.05) is 0 Å². The van der Waals surface area contributed by atoms with Gasteiger partial charge >= 0.3 is 0 Å². The van der Waals surface area contributed by atoms with Crippen molar-refractivity contribution in [3.63, 3.8) is 0 Å². The maximum absolute atomic E-state index is 4.22. The molecule has 3 unspecified atom stereocenters. The summed E-state index contributed by atoms with van der Waals surface area (Å²) in [6, 6.07) is 9.88. The number of likely N-dealkylation sites (N-methyl/N-ethyl adjacent to an activating group) is 2. The molecule has 146 valence electrons. The number of piperidine rings is 1. The van der Waals surface area contributed by atoms with Crippen molar-refractivity contribution < 1.29 is 4.48 Å². The van der Waals surface area contributed by atoms with Gasteiger partial charge in [0.05, 0.1) is 32.7 Å². The first-order valence-corrected chi connectivity index (χ1v) is 10.0. The third-order valence-electron chi connectivity index (χ3n) is 6.23. The molecule has 2 nitrogen and oxygen atoms in total. The van der Waals surface area contributed by atoms with Crippen LogP contribution in [0.4, 0.5) is 0 Å². The standard InChI is InChI=1S/C25H37N2/c1-9-12-25-24(13-11-18-27(25,7)8)26(6)23(10-2)22-16-14-21(15-17-22)20(5)19(3)4/h10,12,14-17,19,23-25H,1-2,5,11,13,18H2,3-4,6-8H3/q+1. The fourth-order valence-corrected chi connectivity index (χ4v) is 4.34. The van der Waals surface area contributed by atoms with Crippen LogP contribution in [0.25, 0.3) is 5.57 Å². The molecule has 1 saturated heterocycles. The summed E-state index contributed by atoms with van der Waals surface area (Å²) in [4.78, 5) is 2.48. The van der Waals surface area contributed by atoms with E-state index in [9.17, 15) is 0 Å². The summed E-state index contributed by atoms with van der Waals surface area (Å²) in [6.07, 6.45) is 6.65. The first kappa shape index (κ1) is 21.4. The number of rotatable bonds is 7. The Morgan fingerprint density at radius 1 is 1.26 bits per heavy atom. The van der Waals surface area contributed by atoms with E-state index >= 15 is 0 Å². The number of benzene rings is 1. The van der Waals surface area contributed by atoms with Crippen LogP contribution in [0.3, 0.4) is 0 Å². The monoisotopic (exact) mass is 365 g/mol. The Morgan fingerprint density at radius 3 is 2.41 bits per heavy atom. The average Bonchev–Trinajstić information content (AvgIpc) is 2.63. The lowest BCUT2D eigenvalue weighted by Gasteiger charge is -2.48. The minimum absolute atomic E-state index is 0.190. The van der Waals surface area contributed by atoms with Crippen molar-refractivity contribution in [1.82, 2.24) is 4.90 Å². The van der Waals surface area contributed by atoms with Gasteiger partial charge in [0.25, 0.3) is 0 Å². The zero-order chi connectivity index (χ0) is 20.2. The Morgan fingerprint density at radius 2 is 1.89 bits per heavy atom. The van der Waals surface area contributed by atoms with Crippen molar-refractivity contribution in [2.24, 2.45) is 5.92 Å². The molecular weight excluding hydrogens is 328 g/mol. The molecular formula is C25H37N2+. The summed E-state index contributed by atoms with van der Waals surface area (Å²) in [5.74, 6) is 0.461. The maximum atomic E-state index is 4.22. The molecule has 1 aromatic carbocycles. The molecule has 0 radical (unpaired) electrons. The van der Waals surface area contributed by atoms with Gasteiger partial charge in [0.15, 0.2) is 0 Å². The van der Waals surface area contributed by atoms with Crippen LogP contribution in [0.2, 0.25) is 0 Å². The highest BCUT2D eigenvalue weighted by atomic mass is 15.4. The maximum Gasteiger partial charge on any atom is 0.130 e. The minimum Gasteiger partial charge on any atom is -0.321 e. The molecule has 1 heterocycles. The Kier molecular flexibility index (Phi) is 7.06. The van der Waals surface area contributed by atoms with E-state index in [0.29, 0.717) is 18.0 Å². The number of allylic oxidation sites excluding steroid dienone is 1. The van der Waals surface area contributed by atoms with Crippen LogP contribution in [0.5, 0.6) is 0 Å². The highest BCUT2D eigenvalue weighted by molar-refractivity contribution is 5.64. The predicted molar refractivity (Wildman–Crippen MR) is 119 cm³/mol. The molecule has 0 bridgehead atoms. The summed E-state index contributed by atoms with van der Waals surface area (Å²) in [6.45, 7) is 17.8. The Balaban J connectivity index is 2.29. The molecule has 1 aliphatic rings. The lowest BCUT2D eigenvalue weighted by atomic mass is 9.90. The van der Waals surface area contributed by atoms with Crippen molar-refractivity contribution in [1.29, 1.82) is 0 Å². The summed E-state index contributed by atoms with van der Waals surface area (Å²) in [5, 5.41) is 0. The molecule has 0 N–H and O–H groups in total. The molecule has 27 heavy (non-hydrogen) atoms. The number of hydrogen-bond donors (Lipinski definition) is 0. The van der Waals surface area contributed by atoms with Gasteiger partial charge in [-0.2, -0.15) is 0 Å². The third-order valence-corrected chi connectivity index (χ3v) is 6.23. The number of quaternary nitrogens is 1. The van der Waals surface area contributed by atoms with Gasteiger partial charge in [0.1, 0.15) is 6.04 Å². The van der Waals surface area contributed by atoms with Crippen molar-refractivity contribution in [3.8, 4) is 0 Å². The topological polar surface area (TPSA) is 3.24 Å². The van der Waals surface area contributed by atoms with E-state index in [1.165, 1.54) is 36.1 Å². The third kappa shape index (κ3) is 4.71. The van der Waals surface area contributed by atoms with Crippen LogP contribution in [0.15, 0.2) is 61.9 Å². The largest absolute Gasteiger partial charge is 0.321 e. The fraction of sp³-hybridized carbons (Fsp3) is 0.480. The molecule has 2 rings (SSSR count). The van der Waals surface area contributed by atoms with E-state index in [2.05, 4.69) is 102 Å². The first-order valence-electron chi connectivity index (χ1n) is 10.0. The van der Waals surface area contributed by atoms with Gasteiger partial charge in [-0.15, -0.1) is 12.3 Å². The molecule has 0 amide bonds. The van der Waals surface area contributed by atoms with Crippen LogP contribution < -0.4 is 0 Å². The van der Waals surface area contributed by atoms with Gasteiger partial charge in [0, 0.05) is 6.08 Å². The van der Waals surface area contributed by atoms with Gasteiger partial charge in [-0.3, -0.25) is 4.90 Å². The molecule has 1 fully saturated rings. The molecule has 1 aliphatic heterocycles. The number of hydrogen-bond acceptors (Lipinski definition) is 1. The van der Waals surface area contributed by atoms with E-state index in [0.717, 1.165) is 4.48 Å². The second kappa shape index (κ2) is 8.89. The van der Waals surface area contributed by atoms with Crippen LogP contribution in [0, 0.1) is 5.92 Å². The van der Waals surface area contributed by atoms with Gasteiger partial charge < -0.3 is 4.48 Å². The van der Waals surface area contributed by atoms with Gasteiger partial charge in [-0.25, -0.2) is 0 Å². The second-order valence-corrected chi connectivity index (χ2v) is 8.72. The molecule has 0 saturated carbocycles. The minimum atomic E-state index is 0.190. The summed E-state index contributed by atoms with van der Waals surface area (Å²) in [5.41, 5.74) is 6.75. The Bertz CT molecular complexity index is 704. The lowest BCUT2D eigenvalue weighted by Crippen LogP contribution is -2.61. The zero-order valence-corrected chi connectivity index (χ0v) is 17.9. The van der Waals surface area contributed by atoms with Crippen molar-refractivity contribution in [2.45, 2.75) is 44.8 Å². The molecule has 1 aromatic rings. The average molecular weight is 366 g/mol. The second-order valence-electron chi connectivity index (χ2n) is 8.72. The highest BCUT2D eigenvalue weighted by Crippen LogP contribution is 2.33. The highest BCUT2D eigenvalue weighted by Gasteiger charge is 2.41. The van der Waals surface area contributed by atoms with E-state index < -0.39 is 0 Å². The van der Waals surface area contributed by atoms with Crippen molar-refractivity contribution in [3.05, 3.63) is 73.0 Å². The van der Waals surface area contributed by atoms with Crippen LogP contribution in [-0.2, 0) is 0 Å².